The number of halogens is 1. The monoisotopic (exact) mass is 1000 g/mol. The summed E-state index contributed by atoms with van der Waals surface area (Å²) in [5, 5.41) is 33.0. The van der Waals surface area contributed by atoms with Crippen LogP contribution >= 0.6 is 11.6 Å². The molecule has 2 aliphatic carbocycles. The summed E-state index contributed by atoms with van der Waals surface area (Å²) in [4.78, 5) is 77.9. The van der Waals surface area contributed by atoms with Crippen LogP contribution in [0.3, 0.4) is 0 Å². The summed E-state index contributed by atoms with van der Waals surface area (Å²) >= 11 is 5.56. The summed E-state index contributed by atoms with van der Waals surface area (Å²) in [5.74, 6) is 10.5. The Balaban J connectivity index is 0.000000151. The van der Waals surface area contributed by atoms with E-state index in [0.717, 1.165) is 41.5 Å². The van der Waals surface area contributed by atoms with Gasteiger partial charge in [-0.15, -0.1) is 0 Å². The van der Waals surface area contributed by atoms with Gasteiger partial charge >= 0.3 is 5.97 Å². The van der Waals surface area contributed by atoms with Gasteiger partial charge in [0.2, 0.25) is 23.3 Å². The number of aromatic nitrogens is 8. The number of nitrogens with zero attached hydrogens (tertiary/aromatic N) is 8. The van der Waals surface area contributed by atoms with Crippen LogP contribution in [0.5, 0.6) is 0 Å². The molecular formula is C55H40ClN10O8+. The minimum atomic E-state index is -0.813. The maximum Gasteiger partial charge on any atom is 0.372 e. The van der Waals surface area contributed by atoms with E-state index in [0.29, 0.717) is 49.6 Å². The number of fused-ring (bicyclic) bond motifs is 2. The molecule has 4 N–H and O–H groups in total. The molecule has 6 heterocycles. The number of benzene rings is 3. The second-order valence-corrected chi connectivity index (χ2v) is 17.1. The zero-order valence-electron chi connectivity index (χ0n) is 38.8. The Labute approximate surface area is 425 Å². The van der Waals surface area contributed by atoms with E-state index in [1.54, 1.807) is 79.4 Å². The molecule has 18 nitrogen and oxygen atoms in total. The molecule has 6 aromatic heterocycles. The van der Waals surface area contributed by atoms with Crippen molar-refractivity contribution in [2.75, 3.05) is 0 Å². The van der Waals surface area contributed by atoms with Crippen LogP contribution in [0.15, 0.2) is 168 Å². The van der Waals surface area contributed by atoms with Crippen LogP contribution in [0.1, 0.15) is 79.3 Å². The van der Waals surface area contributed by atoms with E-state index in [1.165, 1.54) is 33.9 Å². The van der Waals surface area contributed by atoms with Gasteiger partial charge in [-0.05, 0) is 123 Å². The van der Waals surface area contributed by atoms with Crippen LogP contribution in [0.4, 0.5) is 0 Å². The molecule has 3 aromatic carbocycles. The third-order valence-electron chi connectivity index (χ3n) is 11.0. The molecule has 0 radical (unpaired) electrons. The number of rotatable bonds is 7. The van der Waals surface area contributed by atoms with Gasteiger partial charge < -0.3 is 10.6 Å². The van der Waals surface area contributed by atoms with Gasteiger partial charge in [0, 0.05) is 69.4 Å². The molecule has 74 heavy (non-hydrogen) atoms. The highest BCUT2D eigenvalue weighted by molar-refractivity contribution is 6.30. The number of carbonyl (C=O) groups excluding carboxylic acids is 3. The summed E-state index contributed by atoms with van der Waals surface area (Å²) in [6.07, 6.45) is 13.2. The van der Waals surface area contributed by atoms with Gasteiger partial charge in [0.15, 0.2) is 22.7 Å². The quantitative estimate of drug-likeness (QED) is 0.0470. The van der Waals surface area contributed by atoms with Crippen LogP contribution in [-0.2, 0) is 4.89 Å². The van der Waals surface area contributed by atoms with Crippen molar-refractivity contribution < 1.29 is 34.5 Å². The number of carbonyl (C=O) groups is 3. The molecule has 19 heteroatoms. The first-order valence-electron chi connectivity index (χ1n) is 22.9. The lowest BCUT2D eigenvalue weighted by Crippen LogP contribution is -2.33. The minimum Gasteiger partial charge on any atom is -0.348 e. The van der Waals surface area contributed by atoms with Crippen molar-refractivity contribution in [1.29, 1.82) is 0 Å². The zero-order valence-corrected chi connectivity index (χ0v) is 39.5. The topological polar surface area (TPSA) is 237 Å². The molecule has 2 amide bonds. The van der Waals surface area contributed by atoms with Crippen LogP contribution in [0, 0.1) is 23.7 Å². The highest BCUT2D eigenvalue weighted by atomic mass is 35.5. The molecular weight excluding hydrogens is 964 g/mol. The van der Waals surface area contributed by atoms with E-state index in [-0.39, 0.29) is 29.0 Å². The normalized spacial score (nSPS) is 12.2. The van der Waals surface area contributed by atoms with Gasteiger partial charge in [-0.25, -0.2) is 24.1 Å². The first-order chi connectivity index (χ1) is 36.0. The number of nitrogens with one attached hydrogen (secondary N) is 2. The number of hydrogen-bond acceptors (Lipinski definition) is 13. The lowest BCUT2D eigenvalue weighted by molar-refractivity contribution is -0.904. The van der Waals surface area contributed by atoms with Crippen LogP contribution in [0.2, 0.25) is 5.02 Å². The highest BCUT2D eigenvalue weighted by Gasteiger charge is 2.28. The van der Waals surface area contributed by atoms with E-state index in [1.807, 2.05) is 54.6 Å². The molecule has 364 valence electrons. The SMILES string of the molecule is O=C(NC1CC1)c1nn(-c2cccc(C#Cc3ccc[n+](O)c3)c2)c2ncccc2c1=O.O=C(NC1CC1)c1nn(-c2cccc(C#Cc3cccnc3)c2)c2ncccc2c1=O.O=C(OO)c1cccc(Cl)c1. The van der Waals surface area contributed by atoms with Gasteiger partial charge in [0.05, 0.1) is 33.3 Å². The second kappa shape index (κ2) is 22.5. The highest BCUT2D eigenvalue weighted by Crippen LogP contribution is 2.21. The molecule has 0 unspecified atom stereocenters. The molecule has 0 saturated heterocycles. The van der Waals surface area contributed by atoms with E-state index < -0.39 is 28.6 Å². The maximum absolute atomic E-state index is 12.9. The van der Waals surface area contributed by atoms with Gasteiger partial charge in [0.25, 0.3) is 11.8 Å². The van der Waals surface area contributed by atoms with Gasteiger partial charge in [-0.2, -0.15) is 15.5 Å². The Bertz CT molecular complexity index is 3880. The molecule has 2 aliphatic rings. The molecule has 9 aromatic rings. The number of amides is 2. The van der Waals surface area contributed by atoms with E-state index in [9.17, 15) is 29.2 Å². The van der Waals surface area contributed by atoms with Crippen molar-refractivity contribution in [2.24, 2.45) is 0 Å². The summed E-state index contributed by atoms with van der Waals surface area (Å²) in [6.45, 7) is 0. The first kappa shape index (κ1) is 49.1. The van der Waals surface area contributed by atoms with Crippen molar-refractivity contribution in [3.05, 3.63) is 223 Å². The van der Waals surface area contributed by atoms with Gasteiger partial charge in [0.1, 0.15) is 0 Å². The molecule has 0 aliphatic heterocycles. The lowest BCUT2D eigenvalue weighted by atomic mass is 10.1. The van der Waals surface area contributed by atoms with Crippen molar-refractivity contribution in [3.63, 3.8) is 0 Å². The van der Waals surface area contributed by atoms with E-state index in [2.05, 4.69) is 64.4 Å². The third kappa shape index (κ3) is 12.2. The smallest absolute Gasteiger partial charge is 0.348 e. The molecule has 11 rings (SSSR count). The Hall–Kier alpha value is -9.88. The summed E-state index contributed by atoms with van der Waals surface area (Å²) in [5.41, 5.74) is 3.97. The first-order valence-corrected chi connectivity index (χ1v) is 23.2. The van der Waals surface area contributed by atoms with Gasteiger partial charge in [-0.3, -0.25) is 34.3 Å². The van der Waals surface area contributed by atoms with E-state index in [4.69, 9.17) is 16.9 Å². The van der Waals surface area contributed by atoms with Gasteiger partial charge in [-0.1, -0.05) is 53.5 Å². The van der Waals surface area contributed by atoms with Crippen LogP contribution < -0.4 is 26.2 Å². The fraction of sp³-hybridized carbons (Fsp3) is 0.109. The third-order valence-corrected chi connectivity index (χ3v) is 11.3. The largest absolute Gasteiger partial charge is 0.372 e. The molecule has 2 fully saturated rings. The standard InChI is InChI=1S/C24H17N5O3.C24H17N5O2.C7H5ClO3/c30-22-20-7-2-12-25-23(20)29(27-21(22)24(31)26-18-10-11-18)19-6-1-4-16(14-19)8-9-17-5-3-13-28(32)15-17;30-22-20-7-3-13-26-23(20)29(28-21(22)24(31)27-18-10-11-18)19-6-1-4-16(14-19)8-9-17-5-2-12-25-15-17;8-6-3-1-2-5(4-6)7(9)11-10/h1-7,12-15,18H,10-11H2,(H-,26,31,32);1-7,12-15,18H,10-11H2,(H,27,31);1-4,10H/p+1. The average Bonchev–Trinajstić information content (AvgIpc) is 4.39. The molecule has 0 bridgehead atoms. The summed E-state index contributed by atoms with van der Waals surface area (Å²) in [7, 11) is 0. The summed E-state index contributed by atoms with van der Waals surface area (Å²) < 4.78 is 3.96. The summed E-state index contributed by atoms with van der Waals surface area (Å²) in [6, 6.07) is 34.8. The Morgan fingerprint density at radius 1 is 0.622 bits per heavy atom. The fourth-order valence-corrected chi connectivity index (χ4v) is 7.30. The Morgan fingerprint density at radius 3 is 1.62 bits per heavy atom. The number of hydrogen-bond donors (Lipinski definition) is 4. The molecule has 0 spiro atoms. The zero-order chi connectivity index (χ0) is 51.6. The van der Waals surface area contributed by atoms with Crippen molar-refractivity contribution in [2.45, 2.75) is 37.8 Å². The molecule has 2 saturated carbocycles. The Kier molecular flexibility index (Phi) is 14.9. The molecule has 0 atom stereocenters. The van der Waals surface area contributed by atoms with Crippen molar-refractivity contribution >= 4 is 51.5 Å². The lowest BCUT2D eigenvalue weighted by Gasteiger charge is -2.11. The van der Waals surface area contributed by atoms with Crippen LogP contribution in [0.25, 0.3) is 33.4 Å². The van der Waals surface area contributed by atoms with E-state index >= 15 is 0 Å². The Morgan fingerprint density at radius 2 is 1.12 bits per heavy atom. The average molecular weight is 1000 g/mol. The van der Waals surface area contributed by atoms with Crippen molar-refractivity contribution in [1.82, 2.24) is 45.1 Å². The fourth-order valence-electron chi connectivity index (χ4n) is 7.11. The predicted octanol–water partition coefficient (Wildman–Crippen LogP) is 6.04. The second-order valence-electron chi connectivity index (χ2n) is 16.6. The minimum absolute atomic E-state index is 0.107. The maximum atomic E-state index is 12.9. The number of pyridine rings is 4. The van der Waals surface area contributed by atoms with Crippen molar-refractivity contribution in [3.8, 4) is 35.1 Å². The van der Waals surface area contributed by atoms with Crippen LogP contribution in [-0.4, -0.2) is 74.8 Å². The predicted molar refractivity (Wildman–Crippen MR) is 271 cm³/mol.